The summed E-state index contributed by atoms with van der Waals surface area (Å²) in [5, 5.41) is 22.7. The van der Waals surface area contributed by atoms with Crippen LogP contribution in [0.15, 0.2) is 18.2 Å². The van der Waals surface area contributed by atoms with Crippen LogP contribution in [0.3, 0.4) is 0 Å². The fraction of sp³-hybridized carbons (Fsp3) is 0.385. The van der Waals surface area contributed by atoms with E-state index in [1.54, 1.807) is 0 Å². The Morgan fingerprint density at radius 2 is 2.00 bits per heavy atom. The molecule has 8 heteroatoms. The minimum Gasteiger partial charge on any atom is -0.481 e. The number of anilines is 1. The van der Waals surface area contributed by atoms with Gasteiger partial charge in [-0.2, -0.15) is 0 Å². The van der Waals surface area contributed by atoms with Crippen LogP contribution >= 0.6 is 11.6 Å². The van der Waals surface area contributed by atoms with Crippen molar-refractivity contribution in [2.45, 2.75) is 19.3 Å². The van der Waals surface area contributed by atoms with E-state index < -0.39 is 28.6 Å². The third kappa shape index (κ3) is 3.30. The summed E-state index contributed by atoms with van der Waals surface area (Å²) in [6.45, 7) is 0. The van der Waals surface area contributed by atoms with Gasteiger partial charge in [0.05, 0.1) is 16.8 Å². The van der Waals surface area contributed by atoms with Crippen molar-refractivity contribution in [1.29, 1.82) is 0 Å². The summed E-state index contributed by atoms with van der Waals surface area (Å²) in [4.78, 5) is 33.6. The van der Waals surface area contributed by atoms with Gasteiger partial charge in [0.25, 0.3) is 5.69 Å². The summed E-state index contributed by atoms with van der Waals surface area (Å²) < 4.78 is 0. The molecule has 21 heavy (non-hydrogen) atoms. The molecule has 0 saturated heterocycles. The predicted molar refractivity (Wildman–Crippen MR) is 75.2 cm³/mol. The average molecular weight is 313 g/mol. The molecule has 0 aromatic heterocycles. The highest BCUT2D eigenvalue weighted by atomic mass is 35.5. The number of nitrogens with zero attached hydrogens (tertiary/aromatic N) is 1. The molecule has 7 nitrogen and oxygen atoms in total. The molecule has 2 rings (SSSR count). The second-order valence-electron chi connectivity index (χ2n) is 4.89. The second-order valence-corrected chi connectivity index (χ2v) is 5.33. The molecular formula is C13H13ClN2O5. The molecule has 2 N–H and O–H groups in total. The van der Waals surface area contributed by atoms with Gasteiger partial charge in [0.15, 0.2) is 0 Å². The van der Waals surface area contributed by atoms with E-state index in [0.717, 1.165) is 0 Å². The molecule has 0 heterocycles. The number of hydrogen-bond donors (Lipinski definition) is 2. The van der Waals surface area contributed by atoms with Crippen molar-refractivity contribution in [3.8, 4) is 0 Å². The number of halogens is 1. The van der Waals surface area contributed by atoms with E-state index in [1.165, 1.54) is 18.2 Å². The lowest BCUT2D eigenvalue weighted by Crippen LogP contribution is -2.30. The molecular weight excluding hydrogens is 300 g/mol. The molecule has 112 valence electrons. The smallest absolute Gasteiger partial charge is 0.307 e. The number of benzene rings is 1. The van der Waals surface area contributed by atoms with E-state index >= 15 is 0 Å². The van der Waals surface area contributed by atoms with E-state index in [4.69, 9.17) is 16.7 Å². The Bertz CT molecular complexity index is 604. The van der Waals surface area contributed by atoms with E-state index in [0.29, 0.717) is 19.3 Å². The Kier molecular flexibility index (Phi) is 4.42. The summed E-state index contributed by atoms with van der Waals surface area (Å²) in [5.74, 6) is -2.97. The first-order valence-electron chi connectivity index (χ1n) is 6.37. The number of nitro groups is 1. The highest BCUT2D eigenvalue weighted by Crippen LogP contribution is 2.34. The standard InChI is InChI=1S/C13H13ClN2O5/c14-7-4-5-11(16(20)21)10(6-7)15-12(17)8-2-1-3-9(8)13(18)19/h4-6,8-9H,1-3H2,(H,15,17)(H,18,19). The molecule has 1 fully saturated rings. The van der Waals surface area contributed by atoms with Gasteiger partial charge in [-0.1, -0.05) is 18.0 Å². The lowest BCUT2D eigenvalue weighted by Gasteiger charge is -2.15. The van der Waals surface area contributed by atoms with Gasteiger partial charge in [-0.25, -0.2) is 0 Å². The van der Waals surface area contributed by atoms with Crippen molar-refractivity contribution in [1.82, 2.24) is 0 Å². The molecule has 1 saturated carbocycles. The van der Waals surface area contributed by atoms with Crippen LogP contribution in [0.25, 0.3) is 0 Å². The Hall–Kier alpha value is -2.15. The van der Waals surface area contributed by atoms with E-state index in [9.17, 15) is 19.7 Å². The Morgan fingerprint density at radius 1 is 1.33 bits per heavy atom. The zero-order valence-corrected chi connectivity index (χ0v) is 11.7. The number of rotatable bonds is 4. The molecule has 2 unspecified atom stereocenters. The van der Waals surface area contributed by atoms with Crippen LogP contribution in [-0.2, 0) is 9.59 Å². The van der Waals surface area contributed by atoms with Crippen LogP contribution in [0.2, 0.25) is 5.02 Å². The lowest BCUT2D eigenvalue weighted by atomic mass is 9.95. The number of carboxylic acids is 1. The van der Waals surface area contributed by atoms with Crippen LogP contribution in [0.4, 0.5) is 11.4 Å². The highest BCUT2D eigenvalue weighted by molar-refractivity contribution is 6.31. The predicted octanol–water partition coefficient (Wildman–Crippen LogP) is 2.69. The van der Waals surface area contributed by atoms with Crippen LogP contribution in [0.1, 0.15) is 19.3 Å². The normalized spacial score (nSPS) is 21.0. The molecule has 0 spiro atoms. The fourth-order valence-corrected chi connectivity index (χ4v) is 2.73. The van der Waals surface area contributed by atoms with Gasteiger partial charge in [-0.15, -0.1) is 0 Å². The van der Waals surface area contributed by atoms with Crippen molar-refractivity contribution in [3.63, 3.8) is 0 Å². The maximum absolute atomic E-state index is 12.2. The second kappa shape index (κ2) is 6.09. The van der Waals surface area contributed by atoms with Crippen LogP contribution in [-0.4, -0.2) is 21.9 Å². The van der Waals surface area contributed by atoms with Gasteiger partial charge in [0.1, 0.15) is 5.69 Å². The minimum atomic E-state index is -1.02. The summed E-state index contributed by atoms with van der Waals surface area (Å²) >= 11 is 5.78. The summed E-state index contributed by atoms with van der Waals surface area (Å²) in [6, 6.07) is 3.83. The van der Waals surface area contributed by atoms with Crippen molar-refractivity contribution in [2.24, 2.45) is 11.8 Å². The van der Waals surface area contributed by atoms with Crippen LogP contribution in [0, 0.1) is 22.0 Å². The van der Waals surface area contributed by atoms with Gasteiger partial charge in [0.2, 0.25) is 5.91 Å². The van der Waals surface area contributed by atoms with Crippen LogP contribution in [0.5, 0.6) is 0 Å². The van der Waals surface area contributed by atoms with Gasteiger partial charge in [-0.3, -0.25) is 19.7 Å². The Balaban J connectivity index is 2.21. The molecule has 1 amide bonds. The molecule has 0 bridgehead atoms. The van der Waals surface area contributed by atoms with E-state index in [-0.39, 0.29) is 16.4 Å². The van der Waals surface area contributed by atoms with Crippen LogP contribution < -0.4 is 5.32 Å². The number of carbonyl (C=O) groups excluding carboxylic acids is 1. The maximum atomic E-state index is 12.2. The van der Waals surface area contributed by atoms with Gasteiger partial charge in [0, 0.05) is 11.1 Å². The van der Waals surface area contributed by atoms with Crippen molar-refractivity contribution < 1.29 is 19.6 Å². The molecule has 0 radical (unpaired) electrons. The number of carbonyl (C=O) groups is 2. The zero-order chi connectivity index (χ0) is 15.6. The number of carboxylic acid groups (broad SMARTS) is 1. The van der Waals surface area contributed by atoms with Gasteiger partial charge in [-0.05, 0) is 25.0 Å². The summed E-state index contributed by atoms with van der Waals surface area (Å²) in [5.41, 5.74) is -0.300. The summed E-state index contributed by atoms with van der Waals surface area (Å²) in [7, 11) is 0. The first-order valence-corrected chi connectivity index (χ1v) is 6.75. The quantitative estimate of drug-likeness (QED) is 0.656. The number of nitro benzene ring substituents is 1. The van der Waals surface area contributed by atoms with E-state index in [2.05, 4.69) is 5.32 Å². The summed E-state index contributed by atoms with van der Waals surface area (Å²) in [6.07, 6.45) is 1.54. The van der Waals surface area contributed by atoms with Gasteiger partial charge >= 0.3 is 5.97 Å². The fourth-order valence-electron chi connectivity index (χ4n) is 2.56. The minimum absolute atomic E-state index is 0.0199. The Morgan fingerprint density at radius 3 is 2.62 bits per heavy atom. The molecule has 2 atom stereocenters. The monoisotopic (exact) mass is 312 g/mol. The number of hydrogen-bond acceptors (Lipinski definition) is 4. The topological polar surface area (TPSA) is 110 Å². The first kappa shape index (κ1) is 15.2. The highest BCUT2D eigenvalue weighted by Gasteiger charge is 2.38. The third-order valence-corrected chi connectivity index (χ3v) is 3.82. The SMILES string of the molecule is O=C(O)C1CCCC1C(=O)Nc1cc(Cl)ccc1[N+](=O)[O-]. The lowest BCUT2D eigenvalue weighted by molar-refractivity contribution is -0.383. The molecule has 1 aliphatic carbocycles. The maximum Gasteiger partial charge on any atom is 0.307 e. The number of amides is 1. The zero-order valence-electron chi connectivity index (χ0n) is 10.9. The molecule has 0 aliphatic heterocycles. The molecule has 1 aromatic rings. The van der Waals surface area contributed by atoms with Crippen molar-refractivity contribution in [3.05, 3.63) is 33.3 Å². The molecule has 1 aromatic carbocycles. The third-order valence-electron chi connectivity index (χ3n) is 3.58. The average Bonchev–Trinajstić information content (AvgIpc) is 2.87. The number of aliphatic carboxylic acids is 1. The number of nitrogens with one attached hydrogen (secondary N) is 1. The first-order chi connectivity index (χ1) is 9.90. The van der Waals surface area contributed by atoms with E-state index in [1.807, 2.05) is 0 Å². The van der Waals surface area contributed by atoms with Crippen molar-refractivity contribution >= 4 is 34.9 Å². The van der Waals surface area contributed by atoms with Gasteiger partial charge < -0.3 is 10.4 Å². The van der Waals surface area contributed by atoms with Crippen molar-refractivity contribution in [2.75, 3.05) is 5.32 Å². The Labute approximate surface area is 125 Å². The largest absolute Gasteiger partial charge is 0.481 e. The molecule has 1 aliphatic rings.